The van der Waals surface area contributed by atoms with Crippen molar-refractivity contribution < 1.29 is 15.0 Å². The molecular weight excluding hydrogens is 380 g/mol. The zero-order valence-corrected chi connectivity index (χ0v) is 16.2. The molecule has 2 aliphatic heterocycles. The quantitative estimate of drug-likeness (QED) is 0.428. The number of fused-ring (bicyclic) bond motifs is 9. The molecule has 3 aromatic rings. The number of rotatable bonds is 1. The van der Waals surface area contributed by atoms with E-state index in [0.717, 1.165) is 45.3 Å². The largest absolute Gasteiger partial charge is 0.390 e. The molecule has 1 aromatic heterocycles. The number of carbonyl (C=O) groups is 1. The summed E-state index contributed by atoms with van der Waals surface area (Å²) in [7, 11) is 0. The van der Waals surface area contributed by atoms with Crippen LogP contribution in [0, 0.1) is 17.8 Å². The van der Waals surface area contributed by atoms with E-state index in [4.69, 9.17) is 0 Å². The SMILES string of the molecule is O=C1NCc2cc3c(cc21)[C@H]1[C@H]2C[C@H]([C@H](O)[C@@H]2O)[C@H]1[C@H](c1ccc2[nH]ncc2c1)N3. The summed E-state index contributed by atoms with van der Waals surface area (Å²) in [6.07, 6.45) is 1.24. The van der Waals surface area contributed by atoms with Crippen LogP contribution in [0.2, 0.25) is 0 Å². The van der Waals surface area contributed by atoms with Crippen molar-refractivity contribution in [2.45, 2.75) is 37.1 Å². The van der Waals surface area contributed by atoms with Crippen molar-refractivity contribution >= 4 is 22.5 Å². The van der Waals surface area contributed by atoms with E-state index in [-0.39, 0.29) is 35.6 Å². The van der Waals surface area contributed by atoms with Crippen LogP contribution in [-0.4, -0.2) is 38.5 Å². The van der Waals surface area contributed by atoms with Crippen LogP contribution in [0.1, 0.15) is 45.4 Å². The van der Waals surface area contributed by atoms with E-state index < -0.39 is 12.2 Å². The summed E-state index contributed by atoms with van der Waals surface area (Å²) < 4.78 is 0. The molecule has 2 aromatic carbocycles. The molecule has 2 bridgehead atoms. The summed E-state index contributed by atoms with van der Waals surface area (Å²) in [4.78, 5) is 12.3. The van der Waals surface area contributed by atoms with Gasteiger partial charge in [-0.25, -0.2) is 0 Å². The third kappa shape index (κ3) is 2.01. The Morgan fingerprint density at radius 1 is 1.07 bits per heavy atom. The number of aliphatic hydroxyl groups excluding tert-OH is 2. The van der Waals surface area contributed by atoms with Crippen LogP contribution < -0.4 is 10.6 Å². The second kappa shape index (κ2) is 5.62. The van der Waals surface area contributed by atoms with Crippen LogP contribution in [-0.2, 0) is 6.54 Å². The molecule has 3 heterocycles. The highest BCUT2D eigenvalue weighted by atomic mass is 16.3. The highest BCUT2D eigenvalue weighted by Gasteiger charge is 2.61. The Kier molecular flexibility index (Phi) is 3.16. The van der Waals surface area contributed by atoms with Crippen molar-refractivity contribution in [3.8, 4) is 0 Å². The molecule has 0 saturated heterocycles. The number of aliphatic hydroxyl groups is 2. The van der Waals surface area contributed by atoms with E-state index >= 15 is 0 Å². The topological polar surface area (TPSA) is 110 Å². The van der Waals surface area contributed by atoms with Crippen LogP contribution >= 0.6 is 0 Å². The van der Waals surface area contributed by atoms with Crippen LogP contribution in [0.5, 0.6) is 0 Å². The van der Waals surface area contributed by atoms with Crippen LogP contribution in [0.3, 0.4) is 0 Å². The molecule has 7 heteroatoms. The Morgan fingerprint density at radius 3 is 2.83 bits per heavy atom. The number of hydrogen-bond donors (Lipinski definition) is 5. The van der Waals surface area contributed by atoms with E-state index in [1.165, 1.54) is 0 Å². The number of hydrogen-bond acceptors (Lipinski definition) is 5. The highest BCUT2D eigenvalue weighted by Crippen LogP contribution is 2.64. The fraction of sp³-hybridized carbons (Fsp3) is 0.391. The first-order valence-electron chi connectivity index (χ1n) is 10.6. The van der Waals surface area contributed by atoms with Gasteiger partial charge in [0, 0.05) is 23.2 Å². The van der Waals surface area contributed by atoms with E-state index in [1.807, 2.05) is 18.3 Å². The number of benzene rings is 2. The summed E-state index contributed by atoms with van der Waals surface area (Å²) in [5, 5.41) is 36.3. The van der Waals surface area contributed by atoms with Gasteiger partial charge in [0.15, 0.2) is 0 Å². The molecule has 7 rings (SSSR count). The van der Waals surface area contributed by atoms with Crippen molar-refractivity contribution in [3.05, 3.63) is 58.8 Å². The Labute approximate surface area is 172 Å². The molecule has 2 aliphatic carbocycles. The van der Waals surface area contributed by atoms with Gasteiger partial charge in [0.05, 0.1) is 30.0 Å². The van der Waals surface area contributed by atoms with Crippen LogP contribution in [0.25, 0.3) is 10.9 Å². The first-order valence-corrected chi connectivity index (χ1v) is 10.6. The molecule has 0 spiro atoms. The lowest BCUT2D eigenvalue weighted by molar-refractivity contribution is -0.0467. The second-order valence-electron chi connectivity index (χ2n) is 9.27. The molecule has 2 fully saturated rings. The molecule has 1 amide bonds. The van der Waals surface area contributed by atoms with Gasteiger partial charge in [-0.2, -0.15) is 5.10 Å². The summed E-state index contributed by atoms with van der Waals surface area (Å²) in [5.74, 6) is 0.295. The van der Waals surface area contributed by atoms with Gasteiger partial charge >= 0.3 is 0 Å². The fourth-order valence-corrected chi connectivity index (χ4v) is 6.70. The number of H-pyrrole nitrogens is 1. The van der Waals surface area contributed by atoms with Crippen molar-refractivity contribution in [1.82, 2.24) is 15.5 Å². The maximum Gasteiger partial charge on any atom is 0.251 e. The van der Waals surface area contributed by atoms with E-state index in [1.54, 1.807) is 0 Å². The molecule has 0 unspecified atom stereocenters. The number of nitrogens with one attached hydrogen (secondary N) is 3. The van der Waals surface area contributed by atoms with Crippen LogP contribution in [0.15, 0.2) is 36.5 Å². The predicted molar refractivity (Wildman–Crippen MR) is 110 cm³/mol. The van der Waals surface area contributed by atoms with Gasteiger partial charge in [0.25, 0.3) is 5.91 Å². The number of amides is 1. The first-order chi connectivity index (χ1) is 14.6. The van der Waals surface area contributed by atoms with Gasteiger partial charge in [0.2, 0.25) is 0 Å². The van der Waals surface area contributed by atoms with Gasteiger partial charge in [-0.1, -0.05) is 6.07 Å². The van der Waals surface area contributed by atoms with E-state index in [2.05, 4.69) is 39.0 Å². The van der Waals surface area contributed by atoms with Crippen LogP contribution in [0.4, 0.5) is 5.69 Å². The normalized spacial score (nSPS) is 35.7. The van der Waals surface area contributed by atoms with Crippen molar-refractivity contribution in [2.75, 3.05) is 5.32 Å². The maximum atomic E-state index is 12.3. The summed E-state index contributed by atoms with van der Waals surface area (Å²) in [6, 6.07) is 10.5. The average molecular weight is 402 g/mol. The number of nitrogens with zero attached hydrogens (tertiary/aromatic N) is 1. The first kappa shape index (κ1) is 16.8. The third-order valence-electron chi connectivity index (χ3n) is 7.98. The summed E-state index contributed by atoms with van der Waals surface area (Å²) in [5.41, 5.74) is 6.06. The number of carbonyl (C=O) groups excluding carboxylic acids is 1. The summed E-state index contributed by atoms with van der Waals surface area (Å²) in [6.45, 7) is 0.552. The van der Waals surface area contributed by atoms with E-state index in [0.29, 0.717) is 6.54 Å². The smallest absolute Gasteiger partial charge is 0.251 e. The lowest BCUT2D eigenvalue weighted by Crippen LogP contribution is -2.46. The third-order valence-corrected chi connectivity index (χ3v) is 7.98. The number of aromatic nitrogens is 2. The molecular formula is C23H22N4O3. The van der Waals surface area contributed by atoms with Gasteiger partial charge in [-0.05, 0) is 71.0 Å². The molecule has 152 valence electrons. The Balaban J connectivity index is 1.41. The van der Waals surface area contributed by atoms with Gasteiger partial charge in [-0.15, -0.1) is 0 Å². The molecule has 30 heavy (non-hydrogen) atoms. The van der Waals surface area contributed by atoms with Crippen molar-refractivity contribution in [2.24, 2.45) is 17.8 Å². The zero-order valence-electron chi connectivity index (χ0n) is 16.2. The minimum Gasteiger partial charge on any atom is -0.390 e. The van der Waals surface area contributed by atoms with Gasteiger partial charge in [0.1, 0.15) is 0 Å². The number of aromatic amines is 1. The molecule has 4 aliphatic rings. The molecule has 7 atom stereocenters. The second-order valence-corrected chi connectivity index (χ2v) is 9.27. The highest BCUT2D eigenvalue weighted by molar-refractivity contribution is 5.99. The summed E-state index contributed by atoms with van der Waals surface area (Å²) >= 11 is 0. The number of anilines is 1. The van der Waals surface area contributed by atoms with Gasteiger partial charge < -0.3 is 20.8 Å². The average Bonchev–Trinajstić information content (AvgIpc) is 3.51. The Hall–Kier alpha value is -2.90. The minimum atomic E-state index is -0.707. The minimum absolute atomic E-state index is 0.0125. The maximum absolute atomic E-state index is 12.3. The molecule has 0 radical (unpaired) electrons. The van der Waals surface area contributed by atoms with Crippen molar-refractivity contribution in [3.63, 3.8) is 0 Å². The molecule has 7 nitrogen and oxygen atoms in total. The molecule has 5 N–H and O–H groups in total. The standard InChI is InChI=1S/C23H22N4O3/c28-21-14-6-15(22(21)29)19-18(14)13-5-12-10(7-24-23(12)30)4-17(13)26-20(19)9-1-2-16-11(3-9)8-25-27-16/h1-5,8,14-15,18-22,26,28-29H,6-7H2,(H,24,30)(H,25,27)/t14-,15+,18+,19-,20+,21-,22+/m1/s1. The Morgan fingerprint density at radius 2 is 1.93 bits per heavy atom. The lowest BCUT2D eigenvalue weighted by atomic mass is 9.66. The molecule has 2 saturated carbocycles. The monoisotopic (exact) mass is 402 g/mol. The Bertz CT molecular complexity index is 1220. The fourth-order valence-electron chi connectivity index (χ4n) is 6.70. The van der Waals surface area contributed by atoms with Crippen molar-refractivity contribution in [1.29, 1.82) is 0 Å². The lowest BCUT2D eigenvalue weighted by Gasteiger charge is -2.46. The zero-order chi connectivity index (χ0) is 20.1. The van der Waals surface area contributed by atoms with E-state index in [9.17, 15) is 15.0 Å². The predicted octanol–water partition coefficient (Wildman–Crippen LogP) is 2.04. The van der Waals surface area contributed by atoms with Gasteiger partial charge in [-0.3, -0.25) is 9.89 Å².